The van der Waals surface area contributed by atoms with Crippen molar-refractivity contribution in [2.45, 2.75) is 25.8 Å². The second-order valence-electron chi connectivity index (χ2n) is 3.02. The highest BCUT2D eigenvalue weighted by Gasteiger charge is 2.12. The lowest BCUT2D eigenvalue weighted by molar-refractivity contribution is -0.139. The zero-order valence-electron chi connectivity index (χ0n) is 8.97. The molecule has 1 atom stereocenters. The molecule has 0 saturated carbocycles. The molecule has 16 heavy (non-hydrogen) atoms. The van der Waals surface area contributed by atoms with E-state index in [0.717, 1.165) is 0 Å². The van der Waals surface area contributed by atoms with E-state index in [4.69, 9.17) is 21.7 Å². The standard InChI is InChI=1S/C5H9NO4.C4H7NO/c6-3(5(9)10)1-2-4(7)8;1-3(2)4(5)6/h3H,1-2,6H2,(H,7,8)(H,9,10);1H2,2H3,(H2,5,6). The Morgan fingerprint density at radius 2 is 1.69 bits per heavy atom. The predicted octanol–water partition coefficient (Wildman–Crippen LogP) is -0.689. The highest BCUT2D eigenvalue weighted by Crippen LogP contribution is 1.93. The van der Waals surface area contributed by atoms with E-state index in [9.17, 15) is 14.4 Å². The van der Waals surface area contributed by atoms with Gasteiger partial charge in [-0.25, -0.2) is 0 Å². The molecule has 92 valence electrons. The molecular formula is C9H16N2O5. The monoisotopic (exact) mass is 232 g/mol. The van der Waals surface area contributed by atoms with Gasteiger partial charge < -0.3 is 21.7 Å². The summed E-state index contributed by atoms with van der Waals surface area (Å²) in [5, 5.41) is 16.3. The van der Waals surface area contributed by atoms with Crippen LogP contribution < -0.4 is 11.5 Å². The third kappa shape index (κ3) is 12.1. The van der Waals surface area contributed by atoms with Crippen molar-refractivity contribution in [2.24, 2.45) is 11.5 Å². The van der Waals surface area contributed by atoms with Crippen LogP contribution >= 0.6 is 0 Å². The van der Waals surface area contributed by atoms with Crippen molar-refractivity contribution in [1.82, 2.24) is 0 Å². The number of hydrogen-bond donors (Lipinski definition) is 4. The molecule has 0 aliphatic rings. The molecule has 0 bridgehead atoms. The molecule has 7 heteroatoms. The van der Waals surface area contributed by atoms with Gasteiger partial charge in [-0.05, 0) is 13.3 Å². The molecule has 0 aromatic heterocycles. The first-order valence-corrected chi connectivity index (χ1v) is 4.34. The maximum absolute atomic E-state index is 9.99. The number of carbonyl (C=O) groups excluding carboxylic acids is 1. The molecule has 0 heterocycles. The average molecular weight is 232 g/mol. The van der Waals surface area contributed by atoms with E-state index in [1.54, 1.807) is 6.92 Å². The molecule has 6 N–H and O–H groups in total. The number of hydrogen-bond acceptors (Lipinski definition) is 4. The lowest BCUT2D eigenvalue weighted by atomic mass is 10.2. The van der Waals surface area contributed by atoms with Crippen molar-refractivity contribution in [2.75, 3.05) is 0 Å². The van der Waals surface area contributed by atoms with Gasteiger partial charge in [0, 0.05) is 12.0 Å². The Morgan fingerprint density at radius 3 is 1.88 bits per heavy atom. The van der Waals surface area contributed by atoms with Crippen LogP contribution in [0.1, 0.15) is 19.8 Å². The van der Waals surface area contributed by atoms with Gasteiger partial charge in [-0.15, -0.1) is 0 Å². The van der Waals surface area contributed by atoms with Gasteiger partial charge >= 0.3 is 11.9 Å². The number of carbonyl (C=O) groups is 3. The fourth-order valence-corrected chi connectivity index (χ4v) is 0.402. The summed E-state index contributed by atoms with van der Waals surface area (Å²) >= 11 is 0. The van der Waals surface area contributed by atoms with Crippen molar-refractivity contribution < 1.29 is 24.6 Å². The van der Waals surface area contributed by atoms with Gasteiger partial charge in [-0.1, -0.05) is 6.58 Å². The van der Waals surface area contributed by atoms with Crippen LogP contribution in [-0.4, -0.2) is 34.1 Å². The van der Waals surface area contributed by atoms with Crippen molar-refractivity contribution in [1.29, 1.82) is 0 Å². The Morgan fingerprint density at radius 1 is 1.31 bits per heavy atom. The summed E-state index contributed by atoms with van der Waals surface area (Å²) in [6.45, 7) is 4.85. The lowest BCUT2D eigenvalue weighted by Crippen LogP contribution is -2.30. The van der Waals surface area contributed by atoms with Gasteiger partial charge in [0.2, 0.25) is 5.91 Å². The first-order valence-electron chi connectivity index (χ1n) is 4.34. The third-order valence-electron chi connectivity index (χ3n) is 1.41. The molecule has 0 radical (unpaired) electrons. The first-order chi connectivity index (χ1) is 7.18. The van der Waals surface area contributed by atoms with E-state index in [1.807, 2.05) is 0 Å². The number of nitrogens with two attached hydrogens (primary N) is 2. The van der Waals surface area contributed by atoms with Crippen LogP contribution in [0.15, 0.2) is 12.2 Å². The smallest absolute Gasteiger partial charge is 0.320 e. The summed E-state index contributed by atoms with van der Waals surface area (Å²) in [6.07, 6.45) is -0.224. The molecule has 0 rings (SSSR count). The van der Waals surface area contributed by atoms with Crippen molar-refractivity contribution in [3.63, 3.8) is 0 Å². The molecule has 0 aliphatic carbocycles. The summed E-state index contributed by atoms with van der Waals surface area (Å²) in [4.78, 5) is 29.7. The van der Waals surface area contributed by atoms with Crippen LogP contribution in [0.25, 0.3) is 0 Å². The van der Waals surface area contributed by atoms with E-state index < -0.39 is 23.9 Å². The molecule has 0 aliphatic heterocycles. The number of carboxylic acid groups (broad SMARTS) is 2. The second kappa shape index (κ2) is 8.42. The van der Waals surface area contributed by atoms with Crippen LogP contribution in [-0.2, 0) is 14.4 Å². The molecule has 0 aromatic carbocycles. The van der Waals surface area contributed by atoms with Crippen LogP contribution in [0.3, 0.4) is 0 Å². The minimum atomic E-state index is -1.17. The summed E-state index contributed by atoms with van der Waals surface area (Å²) in [5.41, 5.74) is 10.1. The molecule has 0 fully saturated rings. The van der Waals surface area contributed by atoms with Gasteiger partial charge in [0.1, 0.15) is 6.04 Å². The van der Waals surface area contributed by atoms with Gasteiger partial charge in [0.15, 0.2) is 0 Å². The fraction of sp³-hybridized carbons (Fsp3) is 0.444. The quantitative estimate of drug-likeness (QED) is 0.462. The molecule has 7 nitrogen and oxygen atoms in total. The number of carboxylic acids is 2. The van der Waals surface area contributed by atoms with Crippen LogP contribution in [0.5, 0.6) is 0 Å². The van der Waals surface area contributed by atoms with Crippen molar-refractivity contribution >= 4 is 17.8 Å². The summed E-state index contributed by atoms with van der Waals surface area (Å²) in [5.74, 6) is -2.63. The molecular weight excluding hydrogens is 216 g/mol. The van der Waals surface area contributed by atoms with E-state index in [-0.39, 0.29) is 12.8 Å². The molecule has 1 unspecified atom stereocenters. The topological polar surface area (TPSA) is 144 Å². The summed E-state index contributed by atoms with van der Waals surface area (Å²) in [6, 6.07) is -1.06. The van der Waals surface area contributed by atoms with Crippen LogP contribution in [0.4, 0.5) is 0 Å². The maximum atomic E-state index is 9.99. The first kappa shape index (κ1) is 16.5. The third-order valence-corrected chi connectivity index (χ3v) is 1.41. The van der Waals surface area contributed by atoms with Crippen molar-refractivity contribution in [3.05, 3.63) is 12.2 Å². The fourth-order valence-electron chi connectivity index (χ4n) is 0.402. The zero-order valence-corrected chi connectivity index (χ0v) is 8.97. The number of aliphatic carboxylic acids is 2. The van der Waals surface area contributed by atoms with Crippen LogP contribution in [0.2, 0.25) is 0 Å². The van der Waals surface area contributed by atoms with Gasteiger partial charge in [-0.3, -0.25) is 14.4 Å². The highest BCUT2D eigenvalue weighted by atomic mass is 16.4. The molecule has 1 amide bonds. The maximum Gasteiger partial charge on any atom is 0.320 e. The Labute approximate surface area is 92.7 Å². The second-order valence-corrected chi connectivity index (χ2v) is 3.02. The minimum Gasteiger partial charge on any atom is -0.481 e. The normalized spacial score (nSPS) is 10.6. The number of rotatable bonds is 5. The predicted molar refractivity (Wildman–Crippen MR) is 56.5 cm³/mol. The van der Waals surface area contributed by atoms with E-state index in [0.29, 0.717) is 5.57 Å². The van der Waals surface area contributed by atoms with Crippen molar-refractivity contribution in [3.8, 4) is 0 Å². The zero-order chi connectivity index (χ0) is 13.3. The Bertz CT molecular complexity index is 276. The number of primary amides is 1. The molecule has 0 spiro atoms. The highest BCUT2D eigenvalue weighted by molar-refractivity contribution is 5.90. The Kier molecular flexibility index (Phi) is 8.70. The Balaban J connectivity index is 0. The van der Waals surface area contributed by atoms with E-state index in [1.165, 1.54) is 0 Å². The van der Waals surface area contributed by atoms with Gasteiger partial charge in [-0.2, -0.15) is 0 Å². The summed E-state index contributed by atoms with van der Waals surface area (Å²) < 4.78 is 0. The Hall–Kier alpha value is -1.89. The van der Waals surface area contributed by atoms with Gasteiger partial charge in [0.25, 0.3) is 0 Å². The molecule has 0 saturated heterocycles. The number of amides is 1. The largest absolute Gasteiger partial charge is 0.481 e. The van der Waals surface area contributed by atoms with Gasteiger partial charge in [0.05, 0.1) is 0 Å². The van der Waals surface area contributed by atoms with Crippen LogP contribution in [0, 0.1) is 0 Å². The average Bonchev–Trinajstić information content (AvgIpc) is 2.14. The SMILES string of the molecule is C=C(C)C(N)=O.NC(CCC(=O)O)C(=O)O. The minimum absolute atomic E-state index is 0.0231. The molecule has 0 aromatic rings. The lowest BCUT2D eigenvalue weighted by Gasteiger charge is -2.01. The van der Waals surface area contributed by atoms with E-state index in [2.05, 4.69) is 6.58 Å². The summed E-state index contributed by atoms with van der Waals surface area (Å²) in [7, 11) is 0. The van der Waals surface area contributed by atoms with E-state index >= 15 is 0 Å².